The molecule has 1 atom stereocenters. The molecule has 0 aromatic rings. The van der Waals surface area contributed by atoms with E-state index in [0.717, 1.165) is 32.1 Å². The third-order valence-electron chi connectivity index (χ3n) is 2.41. The molecule has 0 aliphatic rings. The lowest BCUT2D eigenvalue weighted by Gasteiger charge is -2.14. The third kappa shape index (κ3) is 7.18. The summed E-state index contributed by atoms with van der Waals surface area (Å²) in [5, 5.41) is 0. The number of unbranched alkanes of at least 4 members (excludes halogenated alkanes) is 1. The van der Waals surface area contributed by atoms with Crippen molar-refractivity contribution in [1.82, 2.24) is 0 Å². The topological polar surface area (TPSA) is 55.7 Å². The van der Waals surface area contributed by atoms with Gasteiger partial charge >= 0.3 is 5.97 Å². The van der Waals surface area contributed by atoms with Gasteiger partial charge in [-0.1, -0.05) is 19.8 Å². The fourth-order valence-electron chi connectivity index (χ4n) is 1.55. The molecule has 0 aliphatic heterocycles. The Bertz CT molecular complexity index is 234. The number of isocyanates is 1. The van der Waals surface area contributed by atoms with Gasteiger partial charge in [-0.3, -0.25) is 4.79 Å². The Morgan fingerprint density at radius 3 is 2.56 bits per heavy atom. The highest BCUT2D eigenvalue weighted by Gasteiger charge is 2.18. The van der Waals surface area contributed by atoms with E-state index < -0.39 is 0 Å². The number of hydrogen-bond acceptors (Lipinski definition) is 4. The van der Waals surface area contributed by atoms with Gasteiger partial charge in [0, 0.05) is 0 Å². The van der Waals surface area contributed by atoms with Crippen LogP contribution in [0, 0.1) is 5.92 Å². The van der Waals surface area contributed by atoms with E-state index in [1.54, 1.807) is 0 Å². The lowest BCUT2D eigenvalue weighted by molar-refractivity contribution is -0.148. The largest absolute Gasteiger partial charge is 0.466 e. The molecule has 92 valence electrons. The number of carbonyl (C=O) groups excluding carboxylic acids is 2. The normalized spacial score (nSPS) is 11.6. The van der Waals surface area contributed by atoms with Crippen LogP contribution in [-0.4, -0.2) is 25.2 Å². The van der Waals surface area contributed by atoms with Crippen molar-refractivity contribution in [1.29, 1.82) is 0 Å². The van der Waals surface area contributed by atoms with Crippen LogP contribution in [0.3, 0.4) is 0 Å². The number of rotatable bonds is 9. The maximum absolute atomic E-state index is 11.6. The lowest BCUT2D eigenvalue weighted by atomic mass is 9.97. The molecule has 4 nitrogen and oxygen atoms in total. The highest BCUT2D eigenvalue weighted by atomic mass is 16.5. The predicted molar refractivity (Wildman–Crippen MR) is 61.9 cm³/mol. The maximum atomic E-state index is 11.6. The van der Waals surface area contributed by atoms with Crippen molar-refractivity contribution < 1.29 is 14.3 Å². The summed E-state index contributed by atoms with van der Waals surface area (Å²) in [7, 11) is 0. The van der Waals surface area contributed by atoms with Crippen LogP contribution in [0.25, 0.3) is 0 Å². The summed E-state index contributed by atoms with van der Waals surface area (Å²) in [5.74, 6) is -0.159. The average molecular weight is 227 g/mol. The Hall–Kier alpha value is -1.15. The summed E-state index contributed by atoms with van der Waals surface area (Å²) in [5.41, 5.74) is 0. The van der Waals surface area contributed by atoms with Crippen molar-refractivity contribution in [3.8, 4) is 0 Å². The molecular formula is C12H21NO3. The second-order valence-corrected chi connectivity index (χ2v) is 3.71. The van der Waals surface area contributed by atoms with Crippen molar-refractivity contribution in [3.63, 3.8) is 0 Å². The number of esters is 1. The molecule has 1 unspecified atom stereocenters. The summed E-state index contributed by atoms with van der Waals surface area (Å²) in [6.07, 6.45) is 5.94. The van der Waals surface area contributed by atoms with Crippen molar-refractivity contribution in [3.05, 3.63) is 0 Å². The van der Waals surface area contributed by atoms with Crippen molar-refractivity contribution >= 4 is 12.0 Å². The van der Waals surface area contributed by atoms with E-state index in [1.807, 2.05) is 6.92 Å². The molecule has 0 saturated carbocycles. The molecule has 0 aromatic heterocycles. The third-order valence-corrected chi connectivity index (χ3v) is 2.41. The molecule has 16 heavy (non-hydrogen) atoms. The Kier molecular flexibility index (Phi) is 9.63. The van der Waals surface area contributed by atoms with Crippen LogP contribution >= 0.6 is 0 Å². The average Bonchev–Trinajstić information content (AvgIpc) is 2.28. The van der Waals surface area contributed by atoms with Crippen LogP contribution < -0.4 is 0 Å². The lowest BCUT2D eigenvalue weighted by Crippen LogP contribution is -2.18. The van der Waals surface area contributed by atoms with E-state index in [4.69, 9.17) is 4.74 Å². The molecule has 0 aliphatic carbocycles. The molecule has 4 heteroatoms. The number of nitrogens with zero attached hydrogens (tertiary/aromatic N) is 1. The van der Waals surface area contributed by atoms with E-state index >= 15 is 0 Å². The maximum Gasteiger partial charge on any atom is 0.308 e. The van der Waals surface area contributed by atoms with Gasteiger partial charge in [0.05, 0.1) is 19.1 Å². The zero-order valence-electron chi connectivity index (χ0n) is 10.2. The Morgan fingerprint density at radius 2 is 2.00 bits per heavy atom. The van der Waals surface area contributed by atoms with E-state index in [0.29, 0.717) is 13.2 Å². The monoisotopic (exact) mass is 227 g/mol. The van der Waals surface area contributed by atoms with Crippen molar-refractivity contribution in [2.24, 2.45) is 10.9 Å². The van der Waals surface area contributed by atoms with Gasteiger partial charge < -0.3 is 4.74 Å². The second kappa shape index (κ2) is 10.4. The molecule has 0 bridgehead atoms. The van der Waals surface area contributed by atoms with Crippen LogP contribution in [0.4, 0.5) is 0 Å². The fourth-order valence-corrected chi connectivity index (χ4v) is 1.55. The van der Waals surface area contributed by atoms with Gasteiger partial charge in [0.1, 0.15) is 0 Å². The summed E-state index contributed by atoms with van der Waals surface area (Å²) in [4.78, 5) is 24.9. The molecule has 0 aromatic carbocycles. The first kappa shape index (κ1) is 14.8. The smallest absolute Gasteiger partial charge is 0.308 e. The molecule has 0 fully saturated rings. The van der Waals surface area contributed by atoms with E-state index in [1.165, 1.54) is 6.08 Å². The van der Waals surface area contributed by atoms with Crippen molar-refractivity contribution in [2.75, 3.05) is 13.2 Å². The highest BCUT2D eigenvalue weighted by molar-refractivity contribution is 5.72. The molecule has 0 spiro atoms. The molecule has 0 amide bonds. The van der Waals surface area contributed by atoms with Crippen LogP contribution in [0.15, 0.2) is 4.99 Å². The molecule has 0 rings (SSSR count). The summed E-state index contributed by atoms with van der Waals surface area (Å²) in [6.45, 7) is 4.78. The van der Waals surface area contributed by atoms with E-state index in [-0.39, 0.29) is 11.9 Å². The standard InChI is InChI=1S/C12H21NO3/c1-3-5-7-11(12(15)16-4-2)8-6-9-13-10-14/h11H,3-9H2,1-2H3. The second-order valence-electron chi connectivity index (χ2n) is 3.71. The Labute approximate surface area is 97.1 Å². The van der Waals surface area contributed by atoms with E-state index in [9.17, 15) is 9.59 Å². The first-order chi connectivity index (χ1) is 7.76. The van der Waals surface area contributed by atoms with Gasteiger partial charge in [-0.05, 0) is 26.2 Å². The van der Waals surface area contributed by atoms with Gasteiger partial charge in [0.15, 0.2) is 0 Å². The molecule has 0 radical (unpaired) electrons. The van der Waals surface area contributed by atoms with Gasteiger partial charge in [-0.25, -0.2) is 9.79 Å². The van der Waals surface area contributed by atoms with Crippen LogP contribution in [-0.2, 0) is 14.3 Å². The Morgan fingerprint density at radius 1 is 1.31 bits per heavy atom. The Balaban J connectivity index is 3.98. The molecule has 0 saturated heterocycles. The SMILES string of the molecule is CCCCC(CCCN=C=O)C(=O)OCC. The minimum atomic E-state index is -0.119. The number of hydrogen-bond donors (Lipinski definition) is 0. The first-order valence-electron chi connectivity index (χ1n) is 5.96. The fraction of sp³-hybridized carbons (Fsp3) is 0.833. The predicted octanol–water partition coefficient (Wildman–Crippen LogP) is 2.47. The first-order valence-corrected chi connectivity index (χ1v) is 5.96. The molecule has 0 heterocycles. The van der Waals surface area contributed by atoms with Gasteiger partial charge in [-0.15, -0.1) is 0 Å². The highest BCUT2D eigenvalue weighted by Crippen LogP contribution is 2.16. The number of carbonyl (C=O) groups is 1. The summed E-state index contributed by atoms with van der Waals surface area (Å²) in [6, 6.07) is 0. The van der Waals surface area contributed by atoms with Gasteiger partial charge in [0.2, 0.25) is 6.08 Å². The van der Waals surface area contributed by atoms with Crippen LogP contribution in [0.5, 0.6) is 0 Å². The summed E-state index contributed by atoms with van der Waals surface area (Å²) < 4.78 is 5.01. The van der Waals surface area contributed by atoms with E-state index in [2.05, 4.69) is 11.9 Å². The molecular weight excluding hydrogens is 206 g/mol. The molecule has 0 N–H and O–H groups in total. The number of ether oxygens (including phenoxy) is 1. The van der Waals surface area contributed by atoms with Crippen molar-refractivity contribution in [2.45, 2.75) is 46.0 Å². The van der Waals surface area contributed by atoms with Gasteiger partial charge in [0.25, 0.3) is 0 Å². The minimum Gasteiger partial charge on any atom is -0.466 e. The minimum absolute atomic E-state index is 0.0400. The number of aliphatic imine (C=N–C) groups is 1. The van der Waals surface area contributed by atoms with Crippen LogP contribution in [0.2, 0.25) is 0 Å². The summed E-state index contributed by atoms with van der Waals surface area (Å²) >= 11 is 0. The zero-order chi connectivity index (χ0) is 12.2. The quantitative estimate of drug-likeness (QED) is 0.263. The zero-order valence-corrected chi connectivity index (χ0v) is 10.2. The van der Waals surface area contributed by atoms with Gasteiger partial charge in [-0.2, -0.15) is 0 Å². The van der Waals surface area contributed by atoms with Crippen LogP contribution in [0.1, 0.15) is 46.0 Å².